The van der Waals surface area contributed by atoms with Crippen molar-refractivity contribution in [3.8, 4) is 40.9 Å². The summed E-state index contributed by atoms with van der Waals surface area (Å²) in [5.74, 6) is 5.83. The summed E-state index contributed by atoms with van der Waals surface area (Å²) < 4.78 is 28.4. The van der Waals surface area contributed by atoms with Crippen molar-refractivity contribution >= 4 is 17.2 Å². The number of ketones is 1. The number of nitro groups is 2. The Labute approximate surface area is 598 Å². The number of piperidine rings is 5. The molecule has 0 spiro atoms. The molecule has 5 aromatic rings. The maximum absolute atomic E-state index is 11.5. The molecule has 19 heteroatoms. The second kappa shape index (κ2) is 46.7. The third kappa shape index (κ3) is 31.5. The molecule has 5 aromatic carbocycles. The summed E-state index contributed by atoms with van der Waals surface area (Å²) in [4.78, 5) is 44.5. The number of Topliss-reactive ketones (excluding diaryl/α,β-unsaturated/α-hetero) is 1. The zero-order valence-electron chi connectivity index (χ0n) is 61.4. The molecule has 10 rings (SSSR count). The molecule has 0 saturated carbocycles. The lowest BCUT2D eigenvalue weighted by Crippen LogP contribution is -2.44. The van der Waals surface area contributed by atoms with Gasteiger partial charge in [0, 0.05) is 99.7 Å². The van der Waals surface area contributed by atoms with E-state index in [0.717, 1.165) is 125 Å². The van der Waals surface area contributed by atoms with E-state index >= 15 is 0 Å². The summed E-state index contributed by atoms with van der Waals surface area (Å²) in [6.07, 6.45) is 23.0. The number of nitriles is 2. The van der Waals surface area contributed by atoms with E-state index < -0.39 is 9.85 Å². The predicted molar refractivity (Wildman–Crippen MR) is 399 cm³/mol. The van der Waals surface area contributed by atoms with Gasteiger partial charge in [-0.1, -0.05) is 40.0 Å². The quantitative estimate of drug-likeness (QED) is 0.0188. The molecule has 5 saturated heterocycles. The number of hydrogen-bond donors (Lipinski definition) is 0. The van der Waals surface area contributed by atoms with Crippen LogP contribution in [0, 0.1) is 54.7 Å². The van der Waals surface area contributed by atoms with Crippen LogP contribution in [0.2, 0.25) is 0 Å². The Hall–Kier alpha value is -7.65. The molecule has 0 amide bonds. The Morgan fingerprint density at radius 2 is 0.790 bits per heavy atom. The molecular formula is C81H117N9O10. The number of nitrogens with zero attached hydrogens (tertiary/aromatic N) is 9. The minimum Gasteiger partial charge on any atom is -0.494 e. The first-order chi connectivity index (χ1) is 48.5. The summed E-state index contributed by atoms with van der Waals surface area (Å²) in [7, 11) is 0. The van der Waals surface area contributed by atoms with Gasteiger partial charge in [-0.15, -0.1) is 0 Å². The van der Waals surface area contributed by atoms with Crippen LogP contribution in [0.5, 0.6) is 28.7 Å². The highest BCUT2D eigenvalue weighted by atomic mass is 16.6. The van der Waals surface area contributed by atoms with Gasteiger partial charge in [-0.05, 0) is 266 Å². The SMILES string of the molecule is CC1CCCC(C)N1CCCOc1ccc(C#N)cc1.CC1CCCCN1CCCOc1ccc(C#N)cc1.CC1CCCCN1CCCOc1ccc([N+](=O)[O-])cc1.CC1CCN(CCCOc2ccc([N+](=O)[O-])cc2)CC1.CCC(=O)c1ccc(OCCCN2CCCC(C)C2)cc1. The molecule has 0 N–H and O–H groups in total. The molecule has 19 nitrogen and oxygen atoms in total. The summed E-state index contributed by atoms with van der Waals surface area (Å²) in [5.41, 5.74) is 2.31. The van der Waals surface area contributed by atoms with E-state index in [0.29, 0.717) is 60.4 Å². The molecule has 0 radical (unpaired) electrons. The summed E-state index contributed by atoms with van der Waals surface area (Å²) in [6.45, 7) is 32.1. The lowest BCUT2D eigenvalue weighted by atomic mass is 9.97. The summed E-state index contributed by atoms with van der Waals surface area (Å²) >= 11 is 0. The maximum atomic E-state index is 11.5. The molecule has 5 atom stereocenters. The van der Waals surface area contributed by atoms with E-state index in [2.05, 4.69) is 78.2 Å². The van der Waals surface area contributed by atoms with Crippen molar-refractivity contribution < 1.29 is 38.3 Å². The van der Waals surface area contributed by atoms with Crippen LogP contribution in [0.1, 0.15) is 192 Å². The van der Waals surface area contributed by atoms with E-state index in [-0.39, 0.29) is 17.2 Å². The van der Waals surface area contributed by atoms with Crippen LogP contribution < -0.4 is 23.7 Å². The van der Waals surface area contributed by atoms with Crippen LogP contribution in [0.25, 0.3) is 0 Å². The minimum absolute atomic E-state index is 0.0968. The number of hydrogen-bond acceptors (Lipinski definition) is 17. The molecule has 5 aliphatic rings. The highest BCUT2D eigenvalue weighted by Crippen LogP contribution is 2.26. The molecule has 5 aliphatic heterocycles. The lowest BCUT2D eigenvalue weighted by molar-refractivity contribution is -0.385. The van der Waals surface area contributed by atoms with Crippen molar-refractivity contribution in [3.05, 3.63) is 158 Å². The topological polar surface area (TPSA) is 213 Å². The van der Waals surface area contributed by atoms with Crippen molar-refractivity contribution in [1.82, 2.24) is 24.5 Å². The zero-order valence-corrected chi connectivity index (χ0v) is 61.4. The van der Waals surface area contributed by atoms with Gasteiger partial charge in [0.2, 0.25) is 0 Å². The molecule has 0 aliphatic carbocycles. The van der Waals surface area contributed by atoms with Gasteiger partial charge >= 0.3 is 0 Å². The number of likely N-dealkylation sites (tertiary alicyclic amines) is 5. The van der Waals surface area contributed by atoms with Crippen LogP contribution in [-0.2, 0) is 0 Å². The monoisotopic (exact) mass is 1380 g/mol. The average Bonchev–Trinajstić information content (AvgIpc) is 1.18. The van der Waals surface area contributed by atoms with Crippen LogP contribution in [0.3, 0.4) is 0 Å². The molecule has 546 valence electrons. The first kappa shape index (κ1) is 81.3. The van der Waals surface area contributed by atoms with Crippen LogP contribution >= 0.6 is 0 Å². The largest absolute Gasteiger partial charge is 0.494 e. The van der Waals surface area contributed by atoms with Crippen LogP contribution in [0.15, 0.2) is 121 Å². The van der Waals surface area contributed by atoms with Gasteiger partial charge in [0.15, 0.2) is 5.78 Å². The van der Waals surface area contributed by atoms with Gasteiger partial charge in [-0.25, -0.2) is 0 Å². The summed E-state index contributed by atoms with van der Waals surface area (Å²) in [5, 5.41) is 38.5. The number of carbonyl (C=O) groups excluding carboxylic acids is 1. The van der Waals surface area contributed by atoms with Gasteiger partial charge in [0.1, 0.15) is 28.7 Å². The molecule has 0 bridgehead atoms. The Balaban J connectivity index is 0.000000197. The third-order valence-corrected chi connectivity index (χ3v) is 19.8. The fourth-order valence-corrected chi connectivity index (χ4v) is 13.5. The standard InChI is InChI=1S/C18H27NO2.C17H24N2O.C16H22N2O.2C15H22N2O3/c1-3-18(20)16-7-9-17(10-8-16)21-13-5-12-19-11-4-6-15(2)14-19;1-14-5-3-6-15(2)19(14)11-4-12-20-17-9-7-16(13-18)8-10-17;1-14-5-2-3-10-18(14)11-4-12-19-16-8-6-15(13-17)7-9-16;1-13-7-10-16(11-8-13)9-2-12-20-15-5-3-14(4-6-15)17(18)19;1-13-5-2-3-10-16(13)11-4-12-20-15-8-6-14(7-9-15)17(18)19/h7-10,15H,3-6,11-14H2,1-2H3;7-10,14-15H,3-6,11-12H2,1-2H3;6-9,14H,2-5,10-12H2,1H3;3-6,13H,2,7-12H2,1H3;6-9,13H,2-5,10-12H2,1H3. The molecule has 0 aromatic heterocycles. The molecule has 100 heavy (non-hydrogen) atoms. The fourth-order valence-electron chi connectivity index (χ4n) is 13.5. The average molecular weight is 1380 g/mol. The predicted octanol–water partition coefficient (Wildman–Crippen LogP) is 16.9. The highest BCUT2D eigenvalue weighted by Gasteiger charge is 2.25. The number of nitro benzene ring substituents is 2. The fraction of sp³-hybridized carbons (Fsp3) is 0.593. The van der Waals surface area contributed by atoms with Crippen molar-refractivity contribution in [1.29, 1.82) is 10.5 Å². The number of rotatable bonds is 29. The van der Waals surface area contributed by atoms with Gasteiger partial charge in [-0.3, -0.25) is 29.9 Å². The third-order valence-electron chi connectivity index (χ3n) is 19.8. The van der Waals surface area contributed by atoms with Crippen molar-refractivity contribution in [2.45, 2.75) is 195 Å². The number of benzene rings is 5. The number of non-ortho nitro benzene ring substituents is 2. The van der Waals surface area contributed by atoms with Gasteiger partial charge in [0.25, 0.3) is 11.4 Å². The van der Waals surface area contributed by atoms with E-state index in [1.165, 1.54) is 147 Å². The van der Waals surface area contributed by atoms with Crippen LogP contribution in [0.4, 0.5) is 11.4 Å². The van der Waals surface area contributed by atoms with Crippen molar-refractivity contribution in [3.63, 3.8) is 0 Å². The Morgan fingerprint density at radius 3 is 1.17 bits per heavy atom. The van der Waals surface area contributed by atoms with Gasteiger partial charge in [0.05, 0.1) is 66.1 Å². The molecule has 5 unspecified atom stereocenters. The number of carbonyl (C=O) groups is 1. The molecular weight excluding hydrogens is 1260 g/mol. The van der Waals surface area contributed by atoms with Crippen LogP contribution in [-0.4, -0.2) is 169 Å². The second-order valence-electron chi connectivity index (χ2n) is 27.8. The van der Waals surface area contributed by atoms with Crippen molar-refractivity contribution in [2.24, 2.45) is 11.8 Å². The Kier molecular flexibility index (Phi) is 38.0. The zero-order chi connectivity index (χ0) is 71.7. The first-order valence-electron chi connectivity index (χ1n) is 37.5. The Bertz CT molecular complexity index is 3150. The molecule has 5 heterocycles. The van der Waals surface area contributed by atoms with E-state index in [1.807, 2.05) is 55.5 Å². The maximum Gasteiger partial charge on any atom is 0.269 e. The number of ether oxygens (including phenoxy) is 5. The smallest absolute Gasteiger partial charge is 0.269 e. The minimum atomic E-state index is -0.402. The van der Waals surface area contributed by atoms with Gasteiger partial charge < -0.3 is 43.3 Å². The first-order valence-corrected chi connectivity index (χ1v) is 37.5. The van der Waals surface area contributed by atoms with E-state index in [1.54, 1.807) is 48.5 Å². The van der Waals surface area contributed by atoms with E-state index in [9.17, 15) is 25.0 Å². The lowest BCUT2D eigenvalue weighted by Gasteiger charge is -2.39. The second-order valence-corrected chi connectivity index (χ2v) is 27.8. The Morgan fingerprint density at radius 1 is 0.420 bits per heavy atom. The van der Waals surface area contributed by atoms with Crippen molar-refractivity contribution in [2.75, 3.05) is 105 Å². The normalized spacial score (nSPS) is 19.9. The van der Waals surface area contributed by atoms with Gasteiger partial charge in [-0.2, -0.15) is 10.5 Å². The summed E-state index contributed by atoms with van der Waals surface area (Å²) in [6, 6.07) is 41.7. The van der Waals surface area contributed by atoms with E-state index in [4.69, 9.17) is 34.2 Å². The molecule has 5 fully saturated rings. The highest BCUT2D eigenvalue weighted by molar-refractivity contribution is 5.95.